The number of imidazole rings is 1. The van der Waals surface area contributed by atoms with E-state index in [0.29, 0.717) is 5.92 Å². The highest BCUT2D eigenvalue weighted by Crippen LogP contribution is 2.21. The molecule has 1 aromatic rings. The van der Waals surface area contributed by atoms with E-state index in [0.717, 1.165) is 45.0 Å². The Hall–Kier alpha value is -1.07. The van der Waals surface area contributed by atoms with Crippen LogP contribution in [0.4, 0.5) is 5.95 Å². The van der Waals surface area contributed by atoms with Crippen LogP contribution in [-0.2, 0) is 11.3 Å². The molecule has 1 fully saturated rings. The van der Waals surface area contributed by atoms with E-state index in [-0.39, 0.29) is 6.04 Å². The van der Waals surface area contributed by atoms with Crippen molar-refractivity contribution < 1.29 is 4.74 Å². The predicted molar refractivity (Wildman–Crippen MR) is 72.7 cm³/mol. The van der Waals surface area contributed by atoms with Crippen LogP contribution in [0.25, 0.3) is 0 Å². The van der Waals surface area contributed by atoms with Gasteiger partial charge in [-0.2, -0.15) is 0 Å². The number of anilines is 1. The van der Waals surface area contributed by atoms with Gasteiger partial charge in [0.05, 0.1) is 0 Å². The number of hydrogen-bond acceptors (Lipinski definition) is 4. The molecule has 2 heterocycles. The first kappa shape index (κ1) is 13.4. The molecule has 5 nitrogen and oxygen atoms in total. The number of piperidine rings is 1. The summed E-state index contributed by atoms with van der Waals surface area (Å²) >= 11 is 0. The van der Waals surface area contributed by atoms with Crippen LogP contribution >= 0.6 is 0 Å². The second-order valence-corrected chi connectivity index (χ2v) is 5.14. The van der Waals surface area contributed by atoms with Crippen LogP contribution < -0.4 is 10.6 Å². The van der Waals surface area contributed by atoms with Crippen molar-refractivity contribution in [3.63, 3.8) is 0 Å². The molecule has 2 atom stereocenters. The quantitative estimate of drug-likeness (QED) is 0.797. The van der Waals surface area contributed by atoms with E-state index in [1.807, 2.05) is 12.4 Å². The van der Waals surface area contributed by atoms with Gasteiger partial charge >= 0.3 is 0 Å². The van der Waals surface area contributed by atoms with Crippen molar-refractivity contribution in [2.75, 3.05) is 31.7 Å². The third-order valence-corrected chi connectivity index (χ3v) is 3.74. The minimum absolute atomic E-state index is 0.253. The molecule has 1 aromatic heterocycles. The summed E-state index contributed by atoms with van der Waals surface area (Å²) in [6.07, 6.45) is 6.06. The lowest BCUT2D eigenvalue weighted by atomic mass is 9.94. The molecule has 2 rings (SSSR count). The fourth-order valence-corrected chi connectivity index (χ4v) is 2.42. The normalized spacial score (nSPS) is 24.5. The van der Waals surface area contributed by atoms with Crippen molar-refractivity contribution >= 4 is 5.95 Å². The van der Waals surface area contributed by atoms with Crippen molar-refractivity contribution in [1.82, 2.24) is 9.55 Å². The second kappa shape index (κ2) is 6.20. The molecule has 1 saturated heterocycles. The van der Waals surface area contributed by atoms with Gasteiger partial charge in [-0.15, -0.1) is 0 Å². The maximum absolute atomic E-state index is 6.15. The number of aromatic nitrogens is 2. The summed E-state index contributed by atoms with van der Waals surface area (Å²) < 4.78 is 7.29. The molecule has 0 aliphatic carbocycles. The van der Waals surface area contributed by atoms with Crippen molar-refractivity contribution in [3.05, 3.63) is 12.4 Å². The molecule has 0 spiro atoms. The number of nitrogens with zero attached hydrogens (tertiary/aromatic N) is 3. The molecule has 2 unspecified atom stereocenters. The summed E-state index contributed by atoms with van der Waals surface area (Å²) in [6, 6.07) is 0.253. The highest BCUT2D eigenvalue weighted by molar-refractivity contribution is 5.32. The van der Waals surface area contributed by atoms with Gasteiger partial charge < -0.3 is 19.9 Å². The minimum Gasteiger partial charge on any atom is -0.385 e. The molecule has 1 aliphatic rings. The third kappa shape index (κ3) is 3.03. The minimum atomic E-state index is 0.253. The van der Waals surface area contributed by atoms with Gasteiger partial charge in [0.15, 0.2) is 0 Å². The summed E-state index contributed by atoms with van der Waals surface area (Å²) in [5.74, 6) is 1.66. The highest BCUT2D eigenvalue weighted by Gasteiger charge is 2.25. The summed E-state index contributed by atoms with van der Waals surface area (Å²) in [6.45, 7) is 5.92. The topological polar surface area (TPSA) is 56.3 Å². The van der Waals surface area contributed by atoms with Crippen LogP contribution in [0.2, 0.25) is 0 Å². The van der Waals surface area contributed by atoms with Crippen molar-refractivity contribution in [2.24, 2.45) is 11.7 Å². The smallest absolute Gasteiger partial charge is 0.205 e. The molecule has 18 heavy (non-hydrogen) atoms. The Morgan fingerprint density at radius 3 is 3.11 bits per heavy atom. The molecular formula is C13H24N4O. The number of ether oxygens (including phenoxy) is 1. The van der Waals surface area contributed by atoms with Crippen LogP contribution in [0, 0.1) is 5.92 Å². The third-order valence-electron chi connectivity index (χ3n) is 3.74. The molecule has 0 bridgehead atoms. The average Bonchev–Trinajstić information content (AvgIpc) is 2.81. The molecule has 102 valence electrons. The molecule has 0 saturated carbocycles. The Kier molecular flexibility index (Phi) is 4.60. The van der Waals surface area contributed by atoms with Crippen LogP contribution in [0.5, 0.6) is 0 Å². The van der Waals surface area contributed by atoms with Crippen LogP contribution in [-0.4, -0.2) is 42.4 Å². The van der Waals surface area contributed by atoms with Crippen molar-refractivity contribution in [3.8, 4) is 0 Å². The fourth-order valence-electron chi connectivity index (χ4n) is 2.42. The summed E-state index contributed by atoms with van der Waals surface area (Å²) in [5.41, 5.74) is 6.15. The van der Waals surface area contributed by atoms with Gasteiger partial charge in [0.1, 0.15) is 0 Å². The Balaban J connectivity index is 1.98. The van der Waals surface area contributed by atoms with E-state index in [2.05, 4.69) is 21.4 Å². The van der Waals surface area contributed by atoms with E-state index in [1.165, 1.54) is 0 Å². The first-order valence-corrected chi connectivity index (χ1v) is 6.73. The lowest BCUT2D eigenvalue weighted by Crippen LogP contribution is -2.48. The molecule has 0 amide bonds. The zero-order valence-corrected chi connectivity index (χ0v) is 11.4. The van der Waals surface area contributed by atoms with Crippen LogP contribution in [0.1, 0.15) is 19.8 Å². The predicted octanol–water partition coefficient (Wildman–Crippen LogP) is 1.09. The summed E-state index contributed by atoms with van der Waals surface area (Å²) in [5, 5.41) is 0. The molecule has 0 radical (unpaired) electrons. The van der Waals surface area contributed by atoms with Crippen molar-refractivity contribution in [2.45, 2.75) is 32.4 Å². The summed E-state index contributed by atoms with van der Waals surface area (Å²) in [4.78, 5) is 6.77. The maximum Gasteiger partial charge on any atom is 0.205 e. The van der Waals surface area contributed by atoms with Gasteiger partial charge in [-0.3, -0.25) is 0 Å². The van der Waals surface area contributed by atoms with Crippen LogP contribution in [0.3, 0.4) is 0 Å². The van der Waals surface area contributed by atoms with Gasteiger partial charge in [-0.1, -0.05) is 6.92 Å². The molecular weight excluding hydrogens is 228 g/mol. The highest BCUT2D eigenvalue weighted by atomic mass is 16.5. The zero-order valence-electron chi connectivity index (χ0n) is 11.4. The average molecular weight is 252 g/mol. The van der Waals surface area contributed by atoms with Gasteiger partial charge in [0.25, 0.3) is 0 Å². The Labute approximate surface area is 109 Å². The van der Waals surface area contributed by atoms with E-state index in [9.17, 15) is 0 Å². The van der Waals surface area contributed by atoms with E-state index in [1.54, 1.807) is 7.11 Å². The number of rotatable bonds is 5. The molecule has 1 aliphatic heterocycles. The molecule has 0 aromatic carbocycles. The summed E-state index contributed by atoms with van der Waals surface area (Å²) in [7, 11) is 1.74. The lowest BCUT2D eigenvalue weighted by molar-refractivity contribution is 0.190. The monoisotopic (exact) mass is 252 g/mol. The van der Waals surface area contributed by atoms with Gasteiger partial charge in [0, 0.05) is 51.8 Å². The van der Waals surface area contributed by atoms with Gasteiger partial charge in [0.2, 0.25) is 5.95 Å². The fraction of sp³-hybridized carbons (Fsp3) is 0.769. The first-order chi connectivity index (χ1) is 8.72. The number of methoxy groups -OCH3 is 1. The van der Waals surface area contributed by atoms with Gasteiger partial charge in [-0.25, -0.2) is 4.98 Å². The van der Waals surface area contributed by atoms with E-state index < -0.39 is 0 Å². The Morgan fingerprint density at radius 2 is 2.39 bits per heavy atom. The van der Waals surface area contributed by atoms with Crippen molar-refractivity contribution in [1.29, 1.82) is 0 Å². The maximum atomic E-state index is 6.15. The van der Waals surface area contributed by atoms with E-state index in [4.69, 9.17) is 10.5 Å². The number of nitrogens with two attached hydrogens (primary N) is 1. The lowest BCUT2D eigenvalue weighted by Gasteiger charge is -2.35. The second-order valence-electron chi connectivity index (χ2n) is 5.14. The zero-order chi connectivity index (χ0) is 13.0. The number of hydrogen-bond donors (Lipinski definition) is 1. The SMILES string of the molecule is COCCCn1ccnc1N1CCC(C)C(N)C1. The van der Waals surface area contributed by atoms with Gasteiger partial charge in [-0.05, 0) is 18.8 Å². The standard InChI is InChI=1S/C13H24N4O/c1-11-4-7-17(10-12(11)14)13-15-5-8-16(13)6-3-9-18-2/h5,8,11-12H,3-4,6-7,9-10,14H2,1-2H3. The first-order valence-electron chi connectivity index (χ1n) is 6.73. The Morgan fingerprint density at radius 1 is 1.56 bits per heavy atom. The molecule has 5 heteroatoms. The Bertz CT molecular complexity index is 366. The van der Waals surface area contributed by atoms with Crippen LogP contribution in [0.15, 0.2) is 12.4 Å². The largest absolute Gasteiger partial charge is 0.385 e. The van der Waals surface area contributed by atoms with E-state index >= 15 is 0 Å². The number of aryl methyl sites for hydroxylation is 1. The molecule has 2 N–H and O–H groups in total.